The number of hydrogen-bond donors (Lipinski definition) is 0. The van der Waals surface area contributed by atoms with Crippen LogP contribution in [0.4, 0.5) is 0 Å². The number of aromatic nitrogens is 1. The number of hydrogen-bond acceptors (Lipinski definition) is 3. The Bertz CT molecular complexity index is 717. The van der Waals surface area contributed by atoms with E-state index in [1.54, 1.807) is 17.4 Å². The Morgan fingerprint density at radius 1 is 1.13 bits per heavy atom. The molecule has 1 aliphatic rings. The summed E-state index contributed by atoms with van der Waals surface area (Å²) in [6, 6.07) is 13.2. The minimum absolute atomic E-state index is 0.0328. The largest absolute Gasteiger partial charge is 0.274 e. The third-order valence-electron chi connectivity index (χ3n) is 4.13. The van der Waals surface area contributed by atoms with Gasteiger partial charge in [0.2, 0.25) is 0 Å². The maximum absolute atomic E-state index is 12.9. The van der Waals surface area contributed by atoms with Crippen LogP contribution >= 0.6 is 0 Å². The van der Waals surface area contributed by atoms with Crippen LogP contribution in [0.2, 0.25) is 0 Å². The summed E-state index contributed by atoms with van der Waals surface area (Å²) in [7, 11) is 0. The van der Waals surface area contributed by atoms with Gasteiger partial charge in [0.25, 0.3) is 5.91 Å². The summed E-state index contributed by atoms with van der Waals surface area (Å²) in [5, 5.41) is 6.29. The Balaban J connectivity index is 1.97. The molecule has 1 unspecified atom stereocenters. The molecule has 1 atom stereocenters. The summed E-state index contributed by atoms with van der Waals surface area (Å²) in [5.74, 6) is -0.0515. The molecule has 0 saturated heterocycles. The monoisotopic (exact) mass is 307 g/mol. The molecule has 0 bridgehead atoms. The first-order chi connectivity index (χ1) is 11.0. The minimum atomic E-state index is -0.0576. The Kier molecular flexibility index (Phi) is 3.99. The molecule has 2 aromatic rings. The fourth-order valence-corrected chi connectivity index (χ4v) is 2.79. The second kappa shape index (κ2) is 5.95. The van der Waals surface area contributed by atoms with E-state index in [2.05, 4.69) is 30.9 Å². The van der Waals surface area contributed by atoms with Crippen LogP contribution in [0, 0.1) is 5.41 Å². The second-order valence-corrected chi connectivity index (χ2v) is 6.89. The molecule has 118 valence electrons. The number of nitrogens with zero attached hydrogens (tertiary/aromatic N) is 3. The molecule has 4 nitrogen and oxygen atoms in total. The maximum Gasteiger partial charge on any atom is 0.274 e. The molecule has 2 heterocycles. The lowest BCUT2D eigenvalue weighted by atomic mass is 9.83. The van der Waals surface area contributed by atoms with Gasteiger partial charge < -0.3 is 0 Å². The van der Waals surface area contributed by atoms with Crippen molar-refractivity contribution in [3.63, 3.8) is 0 Å². The van der Waals surface area contributed by atoms with Crippen molar-refractivity contribution in [2.24, 2.45) is 10.5 Å². The average molecular weight is 307 g/mol. The summed E-state index contributed by atoms with van der Waals surface area (Å²) in [6.07, 6.45) is 4.29. The van der Waals surface area contributed by atoms with Crippen LogP contribution in [0.5, 0.6) is 0 Å². The van der Waals surface area contributed by atoms with Crippen LogP contribution in [-0.4, -0.2) is 27.7 Å². The van der Waals surface area contributed by atoms with Gasteiger partial charge in [-0.2, -0.15) is 5.10 Å². The zero-order valence-corrected chi connectivity index (χ0v) is 13.7. The molecule has 0 aliphatic carbocycles. The van der Waals surface area contributed by atoms with E-state index in [1.807, 2.05) is 42.5 Å². The Morgan fingerprint density at radius 3 is 2.48 bits per heavy atom. The van der Waals surface area contributed by atoms with Gasteiger partial charge in [0, 0.05) is 29.9 Å². The molecular formula is C19H21N3O. The van der Waals surface area contributed by atoms with E-state index in [0.717, 1.165) is 17.7 Å². The fourth-order valence-electron chi connectivity index (χ4n) is 2.79. The van der Waals surface area contributed by atoms with Gasteiger partial charge in [0.1, 0.15) is 0 Å². The van der Waals surface area contributed by atoms with Crippen molar-refractivity contribution in [2.75, 3.05) is 0 Å². The molecule has 0 N–H and O–H groups in total. The van der Waals surface area contributed by atoms with Crippen LogP contribution in [0.3, 0.4) is 0 Å². The lowest BCUT2D eigenvalue weighted by Gasteiger charge is -2.32. The molecule has 1 aliphatic heterocycles. The first-order valence-corrected chi connectivity index (χ1v) is 7.83. The standard InChI is InChI=1S/C19H21N3O/c1-19(2,3)17-12-16(15-10-7-11-20-13-15)21-22(17)18(23)14-8-5-4-6-9-14/h4-11,13,17H,12H2,1-3H3. The molecule has 1 amide bonds. The fraction of sp³-hybridized carbons (Fsp3) is 0.316. The van der Waals surface area contributed by atoms with Gasteiger partial charge in [-0.1, -0.05) is 45.0 Å². The average Bonchev–Trinajstić information content (AvgIpc) is 3.01. The summed E-state index contributed by atoms with van der Waals surface area (Å²) >= 11 is 0. The quantitative estimate of drug-likeness (QED) is 0.848. The van der Waals surface area contributed by atoms with Gasteiger partial charge in [-0.15, -0.1) is 0 Å². The lowest BCUT2D eigenvalue weighted by Crippen LogP contribution is -2.41. The van der Waals surface area contributed by atoms with Crippen molar-refractivity contribution >= 4 is 11.6 Å². The molecule has 1 aromatic heterocycles. The number of benzene rings is 1. The summed E-state index contributed by atoms with van der Waals surface area (Å²) in [5.41, 5.74) is 2.50. The van der Waals surface area contributed by atoms with Crippen LogP contribution < -0.4 is 0 Å². The smallest absolute Gasteiger partial charge is 0.267 e. The molecule has 4 heteroatoms. The zero-order chi connectivity index (χ0) is 16.4. The van der Waals surface area contributed by atoms with Crippen LogP contribution in [0.25, 0.3) is 0 Å². The Labute approximate surface area is 136 Å². The number of hydrazone groups is 1. The highest BCUT2D eigenvalue weighted by Crippen LogP contribution is 2.34. The van der Waals surface area contributed by atoms with E-state index in [-0.39, 0.29) is 17.4 Å². The lowest BCUT2D eigenvalue weighted by molar-refractivity contribution is 0.0584. The van der Waals surface area contributed by atoms with Crippen molar-refractivity contribution in [2.45, 2.75) is 33.2 Å². The van der Waals surface area contributed by atoms with E-state index in [1.165, 1.54) is 0 Å². The molecule has 0 radical (unpaired) electrons. The minimum Gasteiger partial charge on any atom is -0.267 e. The highest BCUT2D eigenvalue weighted by Gasteiger charge is 2.39. The van der Waals surface area contributed by atoms with Gasteiger partial charge in [0.15, 0.2) is 0 Å². The first kappa shape index (κ1) is 15.4. The van der Waals surface area contributed by atoms with Crippen molar-refractivity contribution < 1.29 is 4.79 Å². The second-order valence-electron chi connectivity index (χ2n) is 6.89. The molecule has 0 spiro atoms. The van der Waals surface area contributed by atoms with Crippen LogP contribution in [0.1, 0.15) is 43.1 Å². The zero-order valence-electron chi connectivity index (χ0n) is 13.7. The van der Waals surface area contributed by atoms with Gasteiger partial charge >= 0.3 is 0 Å². The summed E-state index contributed by atoms with van der Waals surface area (Å²) in [4.78, 5) is 17.0. The topological polar surface area (TPSA) is 45.6 Å². The highest BCUT2D eigenvalue weighted by molar-refractivity contribution is 6.04. The number of pyridine rings is 1. The van der Waals surface area contributed by atoms with Gasteiger partial charge in [-0.05, 0) is 23.6 Å². The van der Waals surface area contributed by atoms with Gasteiger partial charge in [-0.25, -0.2) is 5.01 Å². The predicted octanol–water partition coefficient (Wildman–Crippen LogP) is 3.75. The normalized spacial score (nSPS) is 18.0. The molecule has 0 fully saturated rings. The van der Waals surface area contributed by atoms with E-state index in [0.29, 0.717) is 5.56 Å². The maximum atomic E-state index is 12.9. The molecule has 23 heavy (non-hydrogen) atoms. The summed E-state index contributed by atoms with van der Waals surface area (Å²) in [6.45, 7) is 6.43. The van der Waals surface area contributed by atoms with Crippen LogP contribution in [0.15, 0.2) is 60.0 Å². The third-order valence-corrected chi connectivity index (χ3v) is 4.13. The van der Waals surface area contributed by atoms with E-state index < -0.39 is 0 Å². The van der Waals surface area contributed by atoms with Gasteiger partial charge in [0.05, 0.1) is 11.8 Å². The van der Waals surface area contributed by atoms with Crippen molar-refractivity contribution in [3.8, 4) is 0 Å². The molecule has 1 aromatic carbocycles. The molecule has 0 saturated carbocycles. The first-order valence-electron chi connectivity index (χ1n) is 7.83. The predicted molar refractivity (Wildman–Crippen MR) is 91.2 cm³/mol. The highest BCUT2D eigenvalue weighted by atomic mass is 16.2. The number of carbonyl (C=O) groups is 1. The number of rotatable bonds is 2. The van der Waals surface area contributed by atoms with E-state index in [4.69, 9.17) is 0 Å². The van der Waals surface area contributed by atoms with Crippen LogP contribution in [-0.2, 0) is 0 Å². The van der Waals surface area contributed by atoms with Crippen molar-refractivity contribution in [1.82, 2.24) is 9.99 Å². The SMILES string of the molecule is CC(C)(C)C1CC(c2cccnc2)=NN1C(=O)c1ccccc1. The molecule has 3 rings (SSSR count). The Morgan fingerprint density at radius 2 is 1.87 bits per heavy atom. The van der Waals surface area contributed by atoms with Gasteiger partial charge in [-0.3, -0.25) is 9.78 Å². The molecular weight excluding hydrogens is 286 g/mol. The van der Waals surface area contributed by atoms with Crippen molar-refractivity contribution in [3.05, 3.63) is 66.0 Å². The van der Waals surface area contributed by atoms with E-state index >= 15 is 0 Å². The Hall–Kier alpha value is -2.49. The summed E-state index contributed by atoms with van der Waals surface area (Å²) < 4.78 is 0. The van der Waals surface area contributed by atoms with Crippen molar-refractivity contribution in [1.29, 1.82) is 0 Å². The third kappa shape index (κ3) is 3.16. The van der Waals surface area contributed by atoms with E-state index in [9.17, 15) is 4.79 Å². The number of carbonyl (C=O) groups excluding carboxylic acids is 1. The number of amides is 1.